The van der Waals surface area contributed by atoms with Crippen molar-refractivity contribution < 1.29 is 32.2 Å². The molecule has 34 heavy (non-hydrogen) atoms. The zero-order valence-electron chi connectivity index (χ0n) is 17.7. The van der Waals surface area contributed by atoms with E-state index in [1.807, 2.05) is 0 Å². The molecular weight excluding hydrogens is 449 g/mol. The normalized spacial score (nSPS) is 13.4. The van der Waals surface area contributed by atoms with E-state index in [2.05, 4.69) is 0 Å². The molecule has 0 saturated carbocycles. The summed E-state index contributed by atoms with van der Waals surface area (Å²) in [7, 11) is 0. The summed E-state index contributed by atoms with van der Waals surface area (Å²) in [6, 6.07) is 21.3. The first-order valence-corrected chi connectivity index (χ1v) is 10.4. The number of aromatic hydroxyl groups is 1. The van der Waals surface area contributed by atoms with Crippen molar-refractivity contribution in [1.82, 2.24) is 0 Å². The van der Waals surface area contributed by atoms with Crippen molar-refractivity contribution in [3.63, 3.8) is 0 Å². The Kier molecular flexibility index (Phi) is 6.40. The highest BCUT2D eigenvalue weighted by Crippen LogP contribution is 2.39. The average Bonchev–Trinajstić information content (AvgIpc) is 2.82. The zero-order chi connectivity index (χ0) is 24.3. The molecule has 4 rings (SSSR count). The number of alkyl halides is 3. The second kappa shape index (κ2) is 9.43. The van der Waals surface area contributed by atoms with Crippen molar-refractivity contribution in [3.05, 3.63) is 112 Å². The van der Waals surface area contributed by atoms with E-state index in [9.17, 15) is 27.9 Å². The molecule has 8 heteroatoms. The van der Waals surface area contributed by atoms with Gasteiger partial charge >= 0.3 is 17.8 Å². The fourth-order valence-electron chi connectivity index (χ4n) is 3.82. The molecule has 0 amide bonds. The Morgan fingerprint density at radius 1 is 0.882 bits per heavy atom. The molecular formula is C26H19F3O5. The van der Waals surface area contributed by atoms with Crippen LogP contribution in [0, 0.1) is 0 Å². The van der Waals surface area contributed by atoms with Gasteiger partial charge in [-0.3, -0.25) is 4.79 Å². The van der Waals surface area contributed by atoms with Crippen molar-refractivity contribution in [1.29, 1.82) is 0 Å². The minimum absolute atomic E-state index is 0.143. The predicted molar refractivity (Wildman–Crippen MR) is 118 cm³/mol. The standard InChI is InChI=1S/C26H19F3O5/c27-26(28,29)24(17-11-5-2-6-12-17)34-21(30)15-19(16-9-3-1-4-10-16)22-23(31)18-13-7-8-14-20(18)33-25(22)32/h1-14,19,24,31H,15H2. The number of rotatable bonds is 6. The molecule has 0 radical (unpaired) electrons. The van der Waals surface area contributed by atoms with E-state index < -0.39 is 42.0 Å². The highest BCUT2D eigenvalue weighted by Gasteiger charge is 2.44. The maximum atomic E-state index is 13.7. The third-order valence-corrected chi connectivity index (χ3v) is 5.39. The van der Waals surface area contributed by atoms with E-state index in [-0.39, 0.29) is 22.1 Å². The van der Waals surface area contributed by atoms with Gasteiger partial charge in [0.25, 0.3) is 0 Å². The number of carbonyl (C=O) groups is 1. The minimum Gasteiger partial charge on any atom is -0.507 e. The number of hydrogen-bond acceptors (Lipinski definition) is 5. The first-order chi connectivity index (χ1) is 16.3. The van der Waals surface area contributed by atoms with E-state index >= 15 is 0 Å². The van der Waals surface area contributed by atoms with Gasteiger partial charge in [-0.2, -0.15) is 13.2 Å². The number of benzene rings is 3. The summed E-state index contributed by atoms with van der Waals surface area (Å²) in [5.74, 6) is -2.69. The summed E-state index contributed by atoms with van der Waals surface area (Å²) in [5.41, 5.74) is -0.781. The van der Waals surface area contributed by atoms with E-state index in [4.69, 9.17) is 9.15 Å². The second-order valence-corrected chi connectivity index (χ2v) is 7.64. The number of fused-ring (bicyclic) bond motifs is 1. The molecule has 2 unspecified atom stereocenters. The van der Waals surface area contributed by atoms with Crippen molar-refractivity contribution in [3.8, 4) is 5.75 Å². The van der Waals surface area contributed by atoms with Crippen molar-refractivity contribution in [2.45, 2.75) is 24.6 Å². The fraction of sp³-hybridized carbons (Fsp3) is 0.154. The van der Waals surface area contributed by atoms with Gasteiger partial charge in [0, 0.05) is 11.5 Å². The number of halogens is 3. The van der Waals surface area contributed by atoms with Crippen LogP contribution in [0.3, 0.4) is 0 Å². The number of ether oxygens (including phenoxy) is 1. The number of hydrogen-bond donors (Lipinski definition) is 1. The summed E-state index contributed by atoms with van der Waals surface area (Å²) >= 11 is 0. The number of para-hydroxylation sites is 1. The maximum Gasteiger partial charge on any atom is 0.429 e. The van der Waals surface area contributed by atoms with Gasteiger partial charge in [0.1, 0.15) is 11.3 Å². The van der Waals surface area contributed by atoms with Crippen LogP contribution in [0.25, 0.3) is 11.0 Å². The lowest BCUT2D eigenvalue weighted by Crippen LogP contribution is -2.27. The number of esters is 1. The van der Waals surface area contributed by atoms with Crippen LogP contribution in [0.15, 0.2) is 94.1 Å². The molecule has 1 aromatic heterocycles. The summed E-state index contributed by atoms with van der Waals surface area (Å²) in [6.07, 6.45) is -7.94. The van der Waals surface area contributed by atoms with Crippen LogP contribution in [0.1, 0.15) is 35.1 Å². The quantitative estimate of drug-likeness (QED) is 0.283. The van der Waals surface area contributed by atoms with Gasteiger partial charge in [-0.15, -0.1) is 0 Å². The average molecular weight is 468 g/mol. The molecule has 0 fully saturated rings. The molecule has 4 aromatic rings. The Morgan fingerprint density at radius 3 is 2.06 bits per heavy atom. The Morgan fingerprint density at radius 2 is 1.44 bits per heavy atom. The molecule has 0 spiro atoms. The maximum absolute atomic E-state index is 13.7. The summed E-state index contributed by atoms with van der Waals surface area (Å²) in [4.78, 5) is 25.6. The summed E-state index contributed by atoms with van der Waals surface area (Å²) in [6.45, 7) is 0. The molecule has 0 aliphatic heterocycles. The largest absolute Gasteiger partial charge is 0.507 e. The Hall–Kier alpha value is -4.07. The van der Waals surface area contributed by atoms with Crippen LogP contribution >= 0.6 is 0 Å². The van der Waals surface area contributed by atoms with Gasteiger partial charge in [-0.25, -0.2) is 4.79 Å². The van der Waals surface area contributed by atoms with Gasteiger partial charge in [0.15, 0.2) is 0 Å². The van der Waals surface area contributed by atoms with Crippen LogP contribution in [-0.2, 0) is 9.53 Å². The summed E-state index contributed by atoms with van der Waals surface area (Å²) in [5, 5.41) is 11.1. The van der Waals surface area contributed by atoms with E-state index in [1.165, 1.54) is 36.4 Å². The Balaban J connectivity index is 1.73. The monoisotopic (exact) mass is 468 g/mol. The molecule has 1 heterocycles. The van der Waals surface area contributed by atoms with E-state index in [0.29, 0.717) is 5.56 Å². The van der Waals surface area contributed by atoms with Crippen LogP contribution in [0.2, 0.25) is 0 Å². The van der Waals surface area contributed by atoms with Crippen molar-refractivity contribution >= 4 is 16.9 Å². The topological polar surface area (TPSA) is 76.7 Å². The lowest BCUT2D eigenvalue weighted by atomic mass is 9.88. The van der Waals surface area contributed by atoms with Crippen LogP contribution in [-0.4, -0.2) is 17.3 Å². The van der Waals surface area contributed by atoms with Crippen LogP contribution < -0.4 is 5.63 Å². The Labute approximate surface area is 192 Å². The predicted octanol–water partition coefficient (Wildman–Crippen LogP) is 5.87. The molecule has 2 atom stereocenters. The highest BCUT2D eigenvalue weighted by atomic mass is 19.4. The molecule has 0 bridgehead atoms. The molecule has 174 valence electrons. The first-order valence-electron chi connectivity index (χ1n) is 10.4. The SMILES string of the molecule is O=C(CC(c1ccccc1)c1c(O)c2ccccc2oc1=O)OC(c1ccccc1)C(F)(F)F. The Bertz CT molecular complexity index is 1350. The van der Waals surface area contributed by atoms with E-state index in [1.54, 1.807) is 48.5 Å². The van der Waals surface area contributed by atoms with Gasteiger partial charge in [0.2, 0.25) is 6.10 Å². The van der Waals surface area contributed by atoms with Gasteiger partial charge in [0.05, 0.1) is 17.4 Å². The zero-order valence-corrected chi connectivity index (χ0v) is 17.7. The summed E-state index contributed by atoms with van der Waals surface area (Å²) < 4.78 is 51.2. The molecule has 0 saturated heterocycles. The highest BCUT2D eigenvalue weighted by molar-refractivity contribution is 5.84. The van der Waals surface area contributed by atoms with Crippen LogP contribution in [0.5, 0.6) is 5.75 Å². The van der Waals surface area contributed by atoms with Gasteiger partial charge in [-0.05, 0) is 17.7 Å². The molecule has 1 N–H and O–H groups in total. The lowest BCUT2D eigenvalue weighted by Gasteiger charge is -2.23. The third kappa shape index (κ3) is 4.80. The van der Waals surface area contributed by atoms with Gasteiger partial charge in [-0.1, -0.05) is 72.8 Å². The smallest absolute Gasteiger partial charge is 0.429 e. The molecule has 5 nitrogen and oxygen atoms in total. The van der Waals surface area contributed by atoms with Crippen LogP contribution in [0.4, 0.5) is 13.2 Å². The van der Waals surface area contributed by atoms with Gasteiger partial charge < -0.3 is 14.3 Å². The molecule has 3 aromatic carbocycles. The van der Waals surface area contributed by atoms with E-state index in [0.717, 1.165) is 0 Å². The second-order valence-electron chi connectivity index (χ2n) is 7.64. The van der Waals surface area contributed by atoms with Crippen molar-refractivity contribution in [2.75, 3.05) is 0 Å². The first kappa shape index (κ1) is 23.1. The minimum atomic E-state index is -4.84. The third-order valence-electron chi connectivity index (χ3n) is 5.39. The lowest BCUT2D eigenvalue weighted by molar-refractivity contribution is -0.224. The molecule has 0 aliphatic carbocycles. The molecule has 0 aliphatic rings. The fourth-order valence-corrected chi connectivity index (χ4v) is 3.82. The van der Waals surface area contributed by atoms with Crippen molar-refractivity contribution in [2.24, 2.45) is 0 Å². The number of carbonyl (C=O) groups excluding carboxylic acids is 1.